The number of ether oxygens (including phenoxy) is 1. The van der Waals surface area contributed by atoms with Crippen LogP contribution in [0.3, 0.4) is 0 Å². The molecule has 0 aliphatic carbocycles. The Morgan fingerprint density at radius 3 is 3.19 bits per heavy atom. The Labute approximate surface area is 95.6 Å². The molecule has 84 valence electrons. The molecule has 7 heteroatoms. The molecule has 2 aromatic heterocycles. The molecule has 16 heavy (non-hydrogen) atoms. The summed E-state index contributed by atoms with van der Waals surface area (Å²) >= 11 is 5.66. The zero-order valence-corrected chi connectivity index (χ0v) is 9.19. The van der Waals surface area contributed by atoms with E-state index in [1.807, 2.05) is 6.92 Å². The summed E-state index contributed by atoms with van der Waals surface area (Å²) in [5.74, 6) is -0.586. The van der Waals surface area contributed by atoms with Crippen LogP contribution < -0.4 is 0 Å². The van der Waals surface area contributed by atoms with E-state index < -0.39 is 5.97 Å². The van der Waals surface area contributed by atoms with Crippen LogP contribution in [0.4, 0.5) is 0 Å². The van der Waals surface area contributed by atoms with Gasteiger partial charge in [0, 0.05) is 0 Å². The maximum Gasteiger partial charge on any atom is 0.362 e. The fraction of sp³-hybridized carbons (Fsp3) is 0.333. The van der Waals surface area contributed by atoms with Crippen LogP contribution >= 0.6 is 11.6 Å². The molecule has 2 heterocycles. The molecule has 0 N–H and O–H groups in total. The highest BCUT2D eigenvalue weighted by atomic mass is 35.5. The minimum Gasteiger partial charge on any atom is -0.461 e. The summed E-state index contributed by atoms with van der Waals surface area (Å²) in [5.41, 5.74) is 0.375. The van der Waals surface area contributed by atoms with Crippen LogP contribution in [0.1, 0.15) is 23.8 Å². The molecule has 0 saturated carbocycles. The molecule has 0 bridgehead atoms. The molecule has 0 aliphatic heterocycles. The van der Waals surface area contributed by atoms with Gasteiger partial charge in [0.1, 0.15) is 5.15 Å². The number of halogens is 1. The van der Waals surface area contributed by atoms with Crippen molar-refractivity contribution in [2.24, 2.45) is 0 Å². The summed E-state index contributed by atoms with van der Waals surface area (Å²) in [4.78, 5) is 19.3. The highest BCUT2D eigenvalue weighted by Crippen LogP contribution is 2.16. The highest BCUT2D eigenvalue weighted by molar-refractivity contribution is 6.29. The van der Waals surface area contributed by atoms with E-state index in [2.05, 4.69) is 15.1 Å². The van der Waals surface area contributed by atoms with Crippen LogP contribution in [0.15, 0.2) is 10.7 Å². The first-order chi connectivity index (χ1) is 7.72. The van der Waals surface area contributed by atoms with Crippen molar-refractivity contribution in [1.29, 1.82) is 0 Å². The minimum absolute atomic E-state index is 0.00144. The van der Waals surface area contributed by atoms with Crippen molar-refractivity contribution in [3.63, 3.8) is 0 Å². The van der Waals surface area contributed by atoms with Gasteiger partial charge in [-0.25, -0.2) is 14.8 Å². The average Bonchev–Trinajstić information content (AvgIpc) is 2.68. The van der Waals surface area contributed by atoms with Crippen molar-refractivity contribution in [3.8, 4) is 0 Å². The van der Waals surface area contributed by atoms with Gasteiger partial charge in [0.25, 0.3) is 5.71 Å². The van der Waals surface area contributed by atoms with Crippen LogP contribution in [0, 0.1) is 0 Å². The number of carbonyl (C=O) groups is 1. The molecule has 0 aliphatic rings. The Hall–Kier alpha value is -1.69. The van der Waals surface area contributed by atoms with Gasteiger partial charge in [0.05, 0.1) is 12.8 Å². The molecular weight excluding hydrogens is 234 g/mol. The first kappa shape index (κ1) is 10.8. The summed E-state index contributed by atoms with van der Waals surface area (Å²) in [6, 6.07) is 0. The maximum absolute atomic E-state index is 11.5. The van der Waals surface area contributed by atoms with Gasteiger partial charge in [-0.05, 0) is 6.42 Å². The fourth-order valence-corrected chi connectivity index (χ4v) is 1.24. The Morgan fingerprint density at radius 1 is 1.62 bits per heavy atom. The molecule has 0 fully saturated rings. The second kappa shape index (κ2) is 4.44. The van der Waals surface area contributed by atoms with E-state index in [1.165, 1.54) is 6.20 Å². The van der Waals surface area contributed by atoms with Crippen LogP contribution in [0.2, 0.25) is 5.15 Å². The molecule has 2 rings (SSSR count). The van der Waals surface area contributed by atoms with Crippen molar-refractivity contribution in [3.05, 3.63) is 17.0 Å². The fourth-order valence-electron chi connectivity index (χ4n) is 1.11. The lowest BCUT2D eigenvalue weighted by Crippen LogP contribution is -2.07. The SMILES string of the molecule is CCCOC(=O)c1noc2ncc(Cl)nc12. The van der Waals surface area contributed by atoms with Crippen LogP contribution in [-0.4, -0.2) is 27.7 Å². The van der Waals surface area contributed by atoms with E-state index in [0.717, 1.165) is 6.42 Å². The number of hydrogen-bond acceptors (Lipinski definition) is 6. The van der Waals surface area contributed by atoms with Gasteiger partial charge in [0.2, 0.25) is 5.69 Å². The quantitative estimate of drug-likeness (QED) is 0.763. The summed E-state index contributed by atoms with van der Waals surface area (Å²) < 4.78 is 9.73. The van der Waals surface area contributed by atoms with Gasteiger partial charge in [-0.15, -0.1) is 0 Å². The van der Waals surface area contributed by atoms with Crippen LogP contribution in [-0.2, 0) is 4.74 Å². The van der Waals surface area contributed by atoms with E-state index >= 15 is 0 Å². The second-order valence-electron chi connectivity index (χ2n) is 3.01. The summed E-state index contributed by atoms with van der Waals surface area (Å²) in [5, 5.41) is 3.72. The molecule has 2 aromatic rings. The standard InChI is InChI=1S/C9H8ClN3O3/c1-2-3-15-9(14)7-6-8(16-13-7)11-4-5(10)12-6/h4H,2-3H2,1H3. The smallest absolute Gasteiger partial charge is 0.362 e. The minimum atomic E-state index is -0.586. The van der Waals surface area contributed by atoms with E-state index in [0.29, 0.717) is 6.61 Å². The molecule has 0 spiro atoms. The molecule has 0 aromatic carbocycles. The molecule has 0 saturated heterocycles. The second-order valence-corrected chi connectivity index (χ2v) is 3.40. The first-order valence-corrected chi connectivity index (χ1v) is 5.05. The summed E-state index contributed by atoms with van der Waals surface area (Å²) in [7, 11) is 0. The number of esters is 1. The molecule has 0 amide bonds. The predicted octanol–water partition coefficient (Wildman–Crippen LogP) is 1.84. The Bertz CT molecular complexity index is 526. The number of aromatic nitrogens is 3. The summed E-state index contributed by atoms with van der Waals surface area (Å²) in [6.45, 7) is 2.21. The van der Waals surface area contributed by atoms with Crippen molar-refractivity contribution in [2.45, 2.75) is 13.3 Å². The third-order valence-electron chi connectivity index (χ3n) is 1.79. The Balaban J connectivity index is 2.37. The first-order valence-electron chi connectivity index (χ1n) is 4.67. The van der Waals surface area contributed by atoms with Crippen molar-refractivity contribution in [1.82, 2.24) is 15.1 Å². The average molecular weight is 242 g/mol. The van der Waals surface area contributed by atoms with Crippen molar-refractivity contribution in [2.75, 3.05) is 6.61 Å². The molecular formula is C9H8ClN3O3. The van der Waals surface area contributed by atoms with E-state index in [9.17, 15) is 4.79 Å². The highest BCUT2D eigenvalue weighted by Gasteiger charge is 2.19. The monoisotopic (exact) mass is 241 g/mol. The zero-order valence-electron chi connectivity index (χ0n) is 8.44. The lowest BCUT2D eigenvalue weighted by Gasteiger charge is -1.98. The topological polar surface area (TPSA) is 78.1 Å². The number of rotatable bonds is 3. The van der Waals surface area contributed by atoms with Gasteiger partial charge < -0.3 is 9.26 Å². The summed E-state index contributed by atoms with van der Waals surface area (Å²) in [6.07, 6.45) is 2.05. The van der Waals surface area contributed by atoms with E-state index in [1.54, 1.807) is 0 Å². The van der Waals surface area contributed by atoms with Gasteiger partial charge in [-0.1, -0.05) is 23.7 Å². The maximum atomic E-state index is 11.5. The van der Waals surface area contributed by atoms with Gasteiger partial charge in [0.15, 0.2) is 5.52 Å². The van der Waals surface area contributed by atoms with E-state index in [4.69, 9.17) is 20.9 Å². The van der Waals surface area contributed by atoms with Gasteiger partial charge in [-0.3, -0.25) is 0 Å². The van der Waals surface area contributed by atoms with Crippen molar-refractivity contribution >= 4 is 28.8 Å². The Morgan fingerprint density at radius 2 is 2.44 bits per heavy atom. The normalized spacial score (nSPS) is 10.6. The number of nitrogens with zero attached hydrogens (tertiary/aromatic N) is 3. The van der Waals surface area contributed by atoms with Crippen LogP contribution in [0.5, 0.6) is 0 Å². The zero-order chi connectivity index (χ0) is 11.5. The number of fused-ring (bicyclic) bond motifs is 1. The third kappa shape index (κ3) is 1.96. The molecule has 6 nitrogen and oxygen atoms in total. The molecule has 0 radical (unpaired) electrons. The molecule has 0 atom stereocenters. The Kier molecular flexibility index (Phi) is 3.00. The van der Waals surface area contributed by atoms with Crippen LogP contribution in [0.25, 0.3) is 11.2 Å². The lowest BCUT2D eigenvalue weighted by molar-refractivity contribution is 0.0495. The van der Waals surface area contributed by atoms with E-state index in [-0.39, 0.29) is 22.1 Å². The molecule has 0 unspecified atom stereocenters. The third-order valence-corrected chi connectivity index (χ3v) is 1.97. The van der Waals surface area contributed by atoms with Crippen molar-refractivity contribution < 1.29 is 14.1 Å². The lowest BCUT2D eigenvalue weighted by atomic mass is 10.4. The largest absolute Gasteiger partial charge is 0.461 e. The van der Waals surface area contributed by atoms with Gasteiger partial charge >= 0.3 is 5.97 Å². The predicted molar refractivity (Wildman–Crippen MR) is 55.2 cm³/mol. The number of hydrogen-bond donors (Lipinski definition) is 0. The number of carbonyl (C=O) groups excluding carboxylic acids is 1. The van der Waals surface area contributed by atoms with Gasteiger partial charge in [-0.2, -0.15) is 0 Å².